The van der Waals surface area contributed by atoms with Gasteiger partial charge in [-0.15, -0.1) is 0 Å². The van der Waals surface area contributed by atoms with E-state index in [1.54, 1.807) is 42.6 Å². The van der Waals surface area contributed by atoms with Gasteiger partial charge in [-0.05, 0) is 24.3 Å². The molecule has 7 heteroatoms. The van der Waals surface area contributed by atoms with E-state index in [1.807, 2.05) is 6.07 Å². The molecule has 0 aliphatic rings. The largest absolute Gasteiger partial charge is 0.349 e. The predicted molar refractivity (Wildman–Crippen MR) is 84.9 cm³/mol. The molecule has 2 N–H and O–H groups in total. The molecule has 0 bridgehead atoms. The van der Waals surface area contributed by atoms with Crippen molar-refractivity contribution in [2.24, 2.45) is 0 Å². The molecule has 0 unspecified atom stereocenters. The van der Waals surface area contributed by atoms with Crippen molar-refractivity contribution in [3.63, 3.8) is 0 Å². The van der Waals surface area contributed by atoms with E-state index in [2.05, 4.69) is 15.4 Å². The van der Waals surface area contributed by atoms with Gasteiger partial charge in [0.25, 0.3) is 11.1 Å². The van der Waals surface area contributed by atoms with Crippen LogP contribution < -0.4 is 16.4 Å². The van der Waals surface area contributed by atoms with Crippen LogP contribution in [0.4, 0.5) is 0 Å². The van der Waals surface area contributed by atoms with Crippen LogP contribution in [0.5, 0.6) is 0 Å². The van der Waals surface area contributed by atoms with Gasteiger partial charge in [-0.25, -0.2) is 4.68 Å². The molecular weight excluding hydrogens is 296 g/mol. The molecule has 7 nitrogen and oxygen atoms in total. The number of rotatable bonds is 4. The lowest BCUT2D eigenvalue weighted by molar-refractivity contribution is -0.122. The first-order valence-electron chi connectivity index (χ1n) is 7.03. The number of pyridine rings is 1. The summed E-state index contributed by atoms with van der Waals surface area (Å²) in [5.74, 6) is -0.385. The van der Waals surface area contributed by atoms with Gasteiger partial charge in [-0.3, -0.25) is 24.5 Å². The Labute approximate surface area is 130 Å². The quantitative estimate of drug-likeness (QED) is 0.729. The van der Waals surface area contributed by atoms with Gasteiger partial charge < -0.3 is 5.32 Å². The summed E-state index contributed by atoms with van der Waals surface area (Å²) in [5, 5.41) is 5.67. The van der Waals surface area contributed by atoms with E-state index in [0.717, 1.165) is 4.68 Å². The van der Waals surface area contributed by atoms with Crippen LogP contribution in [0.25, 0.3) is 10.8 Å². The number of amides is 1. The molecule has 0 saturated heterocycles. The molecule has 1 amide bonds. The maximum atomic E-state index is 12.3. The third-order valence-electron chi connectivity index (χ3n) is 3.38. The Bertz CT molecular complexity index is 960. The van der Waals surface area contributed by atoms with Crippen LogP contribution in [0, 0.1) is 0 Å². The van der Waals surface area contributed by atoms with Gasteiger partial charge in [-0.1, -0.05) is 18.2 Å². The number of nitrogens with one attached hydrogen (secondary N) is 2. The van der Waals surface area contributed by atoms with Crippen molar-refractivity contribution in [3.8, 4) is 0 Å². The lowest BCUT2D eigenvalue weighted by Crippen LogP contribution is -2.36. The summed E-state index contributed by atoms with van der Waals surface area (Å²) in [6.07, 6.45) is 1.63. The highest BCUT2D eigenvalue weighted by Gasteiger charge is 2.09. The standard InChI is InChI=1S/C16H14N4O3/c21-14(18-9-11-5-3-4-8-17-11)10-20-16(23)13-7-2-1-6-12(13)15(22)19-20/h1-8H,9-10H2,(H,18,21)(H,19,22). The molecule has 2 aromatic heterocycles. The molecule has 23 heavy (non-hydrogen) atoms. The number of H-pyrrole nitrogens is 1. The molecule has 0 atom stereocenters. The zero-order chi connectivity index (χ0) is 16.2. The number of carbonyl (C=O) groups is 1. The number of nitrogens with zero attached hydrogens (tertiary/aromatic N) is 2. The molecule has 0 saturated carbocycles. The van der Waals surface area contributed by atoms with E-state index < -0.39 is 11.1 Å². The van der Waals surface area contributed by atoms with E-state index in [1.165, 1.54) is 0 Å². The van der Waals surface area contributed by atoms with Crippen LogP contribution in [0.2, 0.25) is 0 Å². The molecule has 0 aliphatic carbocycles. The summed E-state index contributed by atoms with van der Waals surface area (Å²) < 4.78 is 1.01. The van der Waals surface area contributed by atoms with Crippen LogP contribution in [0.3, 0.4) is 0 Å². The molecule has 0 aliphatic heterocycles. The van der Waals surface area contributed by atoms with E-state index in [0.29, 0.717) is 11.1 Å². The maximum Gasteiger partial charge on any atom is 0.273 e. The lowest BCUT2D eigenvalue weighted by atomic mass is 10.2. The van der Waals surface area contributed by atoms with Crippen LogP contribution >= 0.6 is 0 Å². The average molecular weight is 310 g/mol. The van der Waals surface area contributed by atoms with E-state index in [4.69, 9.17) is 0 Å². The van der Waals surface area contributed by atoms with Crippen molar-refractivity contribution < 1.29 is 4.79 Å². The van der Waals surface area contributed by atoms with Gasteiger partial charge >= 0.3 is 0 Å². The van der Waals surface area contributed by atoms with E-state index in [-0.39, 0.29) is 24.4 Å². The van der Waals surface area contributed by atoms with Crippen molar-refractivity contribution in [1.29, 1.82) is 0 Å². The number of hydrogen-bond donors (Lipinski definition) is 2. The van der Waals surface area contributed by atoms with Crippen molar-refractivity contribution in [2.75, 3.05) is 0 Å². The highest BCUT2D eigenvalue weighted by molar-refractivity contribution is 5.81. The van der Waals surface area contributed by atoms with E-state index >= 15 is 0 Å². The summed E-state index contributed by atoms with van der Waals surface area (Å²) in [6.45, 7) is -0.00201. The molecule has 0 spiro atoms. The second kappa shape index (κ2) is 6.27. The minimum absolute atomic E-state index is 0.256. The Morgan fingerprint density at radius 2 is 1.83 bits per heavy atom. The average Bonchev–Trinajstić information content (AvgIpc) is 2.59. The summed E-state index contributed by atoms with van der Waals surface area (Å²) in [5.41, 5.74) is -0.105. The second-order valence-electron chi connectivity index (χ2n) is 4.98. The Morgan fingerprint density at radius 1 is 1.09 bits per heavy atom. The summed E-state index contributed by atoms with van der Waals surface area (Å²) in [7, 11) is 0. The van der Waals surface area contributed by atoms with Gasteiger partial charge in [0, 0.05) is 6.20 Å². The molecule has 0 radical (unpaired) electrons. The number of fused-ring (bicyclic) bond motifs is 1. The molecule has 2 heterocycles. The van der Waals surface area contributed by atoms with Crippen molar-refractivity contribution in [2.45, 2.75) is 13.1 Å². The number of benzene rings is 1. The fourth-order valence-electron chi connectivity index (χ4n) is 2.25. The minimum atomic E-state index is -0.409. The fourth-order valence-corrected chi connectivity index (χ4v) is 2.25. The highest BCUT2D eigenvalue weighted by atomic mass is 16.2. The van der Waals surface area contributed by atoms with Crippen LogP contribution in [-0.2, 0) is 17.9 Å². The van der Waals surface area contributed by atoms with Crippen LogP contribution in [0.15, 0.2) is 58.3 Å². The fraction of sp³-hybridized carbons (Fsp3) is 0.125. The highest BCUT2D eigenvalue weighted by Crippen LogP contribution is 2.02. The SMILES string of the molecule is O=C(Cn1[nH]c(=O)c2ccccc2c1=O)NCc1ccccn1. The Morgan fingerprint density at radius 3 is 2.57 bits per heavy atom. The molecule has 3 rings (SSSR count). The first kappa shape index (κ1) is 14.7. The molecule has 1 aromatic carbocycles. The number of aromatic amines is 1. The summed E-state index contributed by atoms with van der Waals surface area (Å²) in [6, 6.07) is 11.9. The smallest absolute Gasteiger partial charge is 0.273 e. The molecular formula is C16H14N4O3. The third-order valence-corrected chi connectivity index (χ3v) is 3.38. The topological polar surface area (TPSA) is 96.9 Å². The van der Waals surface area contributed by atoms with Crippen molar-refractivity contribution in [3.05, 3.63) is 75.1 Å². The maximum absolute atomic E-state index is 12.3. The first-order valence-corrected chi connectivity index (χ1v) is 7.03. The normalized spacial score (nSPS) is 10.6. The van der Waals surface area contributed by atoms with Gasteiger partial charge in [0.1, 0.15) is 6.54 Å². The second-order valence-corrected chi connectivity index (χ2v) is 4.98. The van der Waals surface area contributed by atoms with Gasteiger partial charge in [0.15, 0.2) is 0 Å². The first-order chi connectivity index (χ1) is 11.1. The van der Waals surface area contributed by atoms with E-state index in [9.17, 15) is 14.4 Å². The Balaban J connectivity index is 1.79. The summed E-state index contributed by atoms with van der Waals surface area (Å²) >= 11 is 0. The zero-order valence-electron chi connectivity index (χ0n) is 12.2. The zero-order valence-corrected chi connectivity index (χ0v) is 12.2. The van der Waals surface area contributed by atoms with Gasteiger partial charge in [0.2, 0.25) is 5.91 Å². The van der Waals surface area contributed by atoms with Crippen LogP contribution in [0.1, 0.15) is 5.69 Å². The Kier molecular flexibility index (Phi) is 4.01. The van der Waals surface area contributed by atoms with Crippen molar-refractivity contribution in [1.82, 2.24) is 20.1 Å². The predicted octanol–water partition coefficient (Wildman–Crippen LogP) is 0.401. The third kappa shape index (κ3) is 3.18. The van der Waals surface area contributed by atoms with Crippen molar-refractivity contribution >= 4 is 16.7 Å². The number of aromatic nitrogens is 3. The summed E-state index contributed by atoms with van der Waals surface area (Å²) in [4.78, 5) is 40.3. The number of hydrogen-bond acceptors (Lipinski definition) is 4. The Hall–Kier alpha value is -3.22. The van der Waals surface area contributed by atoms with Crippen LogP contribution in [-0.4, -0.2) is 20.7 Å². The number of carbonyl (C=O) groups excluding carboxylic acids is 1. The van der Waals surface area contributed by atoms with Gasteiger partial charge in [-0.2, -0.15) is 0 Å². The minimum Gasteiger partial charge on any atom is -0.349 e. The molecule has 3 aromatic rings. The lowest BCUT2D eigenvalue weighted by Gasteiger charge is -2.08. The molecule has 0 fully saturated rings. The van der Waals surface area contributed by atoms with Gasteiger partial charge in [0.05, 0.1) is 23.0 Å². The molecule has 116 valence electrons. The monoisotopic (exact) mass is 310 g/mol.